The van der Waals surface area contributed by atoms with Gasteiger partial charge < -0.3 is 4.74 Å². The van der Waals surface area contributed by atoms with Gasteiger partial charge in [-0.3, -0.25) is 4.55 Å². The van der Waals surface area contributed by atoms with Crippen LogP contribution in [0.3, 0.4) is 0 Å². The second-order valence-electron chi connectivity index (χ2n) is 7.05. The fourth-order valence-corrected chi connectivity index (χ4v) is 3.47. The second kappa shape index (κ2) is 13.7. The summed E-state index contributed by atoms with van der Waals surface area (Å²) < 4.78 is 40.9. The Bertz CT molecular complexity index is 671. The lowest BCUT2D eigenvalue weighted by Gasteiger charge is -2.16. The number of carbonyl (C=O) groups excluding carboxylic acids is 1. The van der Waals surface area contributed by atoms with E-state index in [1.165, 1.54) is 32.1 Å². The molecule has 0 radical (unpaired) electrons. The molecule has 0 saturated carbocycles. The van der Waals surface area contributed by atoms with Crippen molar-refractivity contribution < 1.29 is 26.7 Å². The maximum Gasteiger partial charge on any atom is 0.398 e. The van der Waals surface area contributed by atoms with Crippen LogP contribution in [0.25, 0.3) is 0 Å². The van der Waals surface area contributed by atoms with Gasteiger partial charge in [-0.25, -0.2) is 8.98 Å². The highest BCUT2D eigenvalue weighted by Crippen LogP contribution is 2.22. The van der Waals surface area contributed by atoms with Crippen LogP contribution in [0.15, 0.2) is 24.3 Å². The van der Waals surface area contributed by atoms with Crippen molar-refractivity contribution in [3.05, 3.63) is 29.8 Å². The largest absolute Gasteiger partial charge is 0.424 e. The molecule has 1 rings (SSSR count). The van der Waals surface area contributed by atoms with Crippen molar-refractivity contribution >= 4 is 16.4 Å². The van der Waals surface area contributed by atoms with Crippen LogP contribution < -0.4 is 4.74 Å². The Labute approximate surface area is 169 Å². The van der Waals surface area contributed by atoms with Crippen LogP contribution in [-0.4, -0.2) is 25.0 Å². The van der Waals surface area contributed by atoms with E-state index in [0.717, 1.165) is 31.2 Å². The molecule has 1 unspecified atom stereocenters. The van der Waals surface area contributed by atoms with Crippen LogP contribution in [0.1, 0.15) is 83.6 Å². The SMILES string of the molecule is CCCCCCCCCc1ccccc1OC(=O)C(CCCC)OS(=O)(=O)O. The van der Waals surface area contributed by atoms with Crippen molar-refractivity contribution in [3.8, 4) is 5.75 Å². The average Bonchev–Trinajstić information content (AvgIpc) is 2.64. The van der Waals surface area contributed by atoms with Crippen LogP contribution in [0.4, 0.5) is 0 Å². The van der Waals surface area contributed by atoms with Gasteiger partial charge in [0, 0.05) is 0 Å². The van der Waals surface area contributed by atoms with Crippen LogP contribution in [0.5, 0.6) is 5.75 Å². The number of para-hydroxylation sites is 1. The van der Waals surface area contributed by atoms with Crippen LogP contribution in [0, 0.1) is 0 Å². The molecule has 0 heterocycles. The number of ether oxygens (including phenoxy) is 1. The number of rotatable bonds is 15. The van der Waals surface area contributed by atoms with Gasteiger partial charge in [0.05, 0.1) is 0 Å². The summed E-state index contributed by atoms with van der Waals surface area (Å²) in [5.41, 5.74) is 0.908. The number of hydrogen-bond acceptors (Lipinski definition) is 5. The zero-order valence-electron chi connectivity index (χ0n) is 17.1. The molecule has 1 aromatic carbocycles. The molecular weight excluding hydrogens is 380 g/mol. The lowest BCUT2D eigenvalue weighted by Crippen LogP contribution is -2.31. The zero-order valence-corrected chi connectivity index (χ0v) is 17.9. The number of esters is 1. The molecule has 1 aromatic rings. The van der Waals surface area contributed by atoms with Crippen LogP contribution in [0.2, 0.25) is 0 Å². The third-order valence-electron chi connectivity index (χ3n) is 4.55. The standard InChI is InChI=1S/C21H34O6S/c1-3-5-7-8-9-10-11-14-18-15-12-13-17-19(18)26-21(22)20(16-6-4-2)27-28(23,24)25/h12-13,15,17,20H,3-11,14,16H2,1-2H3,(H,23,24,25). The summed E-state index contributed by atoms with van der Waals surface area (Å²) >= 11 is 0. The molecule has 0 aromatic heterocycles. The van der Waals surface area contributed by atoms with E-state index in [-0.39, 0.29) is 6.42 Å². The number of carbonyl (C=O) groups is 1. The molecule has 7 heteroatoms. The minimum atomic E-state index is -4.73. The van der Waals surface area contributed by atoms with Crippen molar-refractivity contribution in [2.75, 3.05) is 0 Å². The number of unbranched alkanes of at least 4 members (excludes halogenated alkanes) is 7. The highest BCUT2D eigenvalue weighted by atomic mass is 32.3. The number of aryl methyl sites for hydroxylation is 1. The summed E-state index contributed by atoms with van der Waals surface area (Å²) in [6, 6.07) is 7.25. The monoisotopic (exact) mass is 414 g/mol. The molecule has 0 aliphatic carbocycles. The van der Waals surface area contributed by atoms with Gasteiger partial charge in [-0.15, -0.1) is 0 Å². The Hall–Kier alpha value is -1.44. The quantitative estimate of drug-likeness (QED) is 0.182. The maximum atomic E-state index is 12.4. The topological polar surface area (TPSA) is 89.9 Å². The molecule has 0 saturated heterocycles. The summed E-state index contributed by atoms with van der Waals surface area (Å²) in [6.07, 6.45) is 9.30. The molecule has 1 N–H and O–H groups in total. The van der Waals surface area contributed by atoms with Crippen LogP contribution >= 0.6 is 0 Å². The van der Waals surface area contributed by atoms with E-state index >= 15 is 0 Å². The summed E-state index contributed by atoms with van der Waals surface area (Å²) in [6.45, 7) is 4.11. The Morgan fingerprint density at radius 3 is 2.21 bits per heavy atom. The highest BCUT2D eigenvalue weighted by molar-refractivity contribution is 7.80. The fraction of sp³-hybridized carbons (Fsp3) is 0.667. The summed E-state index contributed by atoms with van der Waals surface area (Å²) in [5.74, 6) is -0.392. The zero-order chi connectivity index (χ0) is 20.8. The van der Waals surface area contributed by atoms with Gasteiger partial charge in [0.15, 0.2) is 6.10 Å². The molecule has 0 spiro atoms. The molecule has 0 amide bonds. The summed E-state index contributed by atoms with van der Waals surface area (Å²) in [4.78, 5) is 12.4. The minimum absolute atomic E-state index is 0.162. The van der Waals surface area contributed by atoms with Crippen molar-refractivity contribution in [1.82, 2.24) is 0 Å². The van der Waals surface area contributed by atoms with Crippen molar-refractivity contribution in [2.45, 2.75) is 90.6 Å². The fourth-order valence-electron chi connectivity index (χ4n) is 3.00. The van der Waals surface area contributed by atoms with Gasteiger partial charge in [-0.1, -0.05) is 83.4 Å². The van der Waals surface area contributed by atoms with Gasteiger partial charge >= 0.3 is 16.4 Å². The molecular formula is C21H34O6S. The van der Waals surface area contributed by atoms with Gasteiger partial charge in [-0.05, 0) is 30.9 Å². The van der Waals surface area contributed by atoms with E-state index in [1.54, 1.807) is 12.1 Å². The van der Waals surface area contributed by atoms with Gasteiger partial charge in [0.1, 0.15) is 5.75 Å². The van der Waals surface area contributed by atoms with E-state index in [1.807, 2.05) is 19.1 Å². The molecule has 0 bridgehead atoms. The smallest absolute Gasteiger partial charge is 0.398 e. The molecule has 0 fully saturated rings. The van der Waals surface area contributed by atoms with Crippen LogP contribution in [-0.2, 0) is 25.8 Å². The average molecular weight is 415 g/mol. The lowest BCUT2D eigenvalue weighted by atomic mass is 10.0. The number of benzene rings is 1. The molecule has 6 nitrogen and oxygen atoms in total. The Morgan fingerprint density at radius 1 is 0.964 bits per heavy atom. The molecule has 28 heavy (non-hydrogen) atoms. The van der Waals surface area contributed by atoms with Gasteiger partial charge in [0.25, 0.3) is 0 Å². The maximum absolute atomic E-state index is 12.4. The lowest BCUT2D eigenvalue weighted by molar-refractivity contribution is -0.142. The van der Waals surface area contributed by atoms with Gasteiger partial charge in [0.2, 0.25) is 0 Å². The first-order valence-corrected chi connectivity index (χ1v) is 11.7. The van der Waals surface area contributed by atoms with E-state index in [0.29, 0.717) is 12.2 Å². The third-order valence-corrected chi connectivity index (χ3v) is 5.03. The Kier molecular flexibility index (Phi) is 12.0. The predicted molar refractivity (Wildman–Crippen MR) is 110 cm³/mol. The second-order valence-corrected chi connectivity index (χ2v) is 8.10. The van der Waals surface area contributed by atoms with E-state index < -0.39 is 22.5 Å². The first kappa shape index (κ1) is 24.6. The summed E-state index contributed by atoms with van der Waals surface area (Å²) in [5, 5.41) is 0. The first-order chi connectivity index (χ1) is 13.4. The third kappa shape index (κ3) is 10.8. The Morgan fingerprint density at radius 2 is 1.57 bits per heavy atom. The molecule has 160 valence electrons. The molecule has 0 aliphatic rings. The van der Waals surface area contributed by atoms with Crippen molar-refractivity contribution in [3.63, 3.8) is 0 Å². The van der Waals surface area contributed by atoms with E-state index in [9.17, 15) is 13.2 Å². The molecule has 1 atom stereocenters. The Balaban J connectivity index is 2.62. The predicted octanol–water partition coefficient (Wildman–Crippen LogP) is 5.26. The van der Waals surface area contributed by atoms with E-state index in [4.69, 9.17) is 9.29 Å². The van der Waals surface area contributed by atoms with Crippen molar-refractivity contribution in [2.24, 2.45) is 0 Å². The number of hydrogen-bond donors (Lipinski definition) is 1. The minimum Gasteiger partial charge on any atom is -0.424 e. The molecule has 0 aliphatic heterocycles. The highest BCUT2D eigenvalue weighted by Gasteiger charge is 2.27. The first-order valence-electron chi connectivity index (χ1n) is 10.3. The van der Waals surface area contributed by atoms with Gasteiger partial charge in [-0.2, -0.15) is 8.42 Å². The van der Waals surface area contributed by atoms with E-state index in [2.05, 4.69) is 11.1 Å². The summed E-state index contributed by atoms with van der Waals surface area (Å²) in [7, 11) is -4.73. The normalized spacial score (nSPS) is 12.7. The van der Waals surface area contributed by atoms with Crippen molar-refractivity contribution in [1.29, 1.82) is 0 Å².